The topological polar surface area (TPSA) is 55.6 Å². The smallest absolute Gasteiger partial charge is 0.259 e. The maximum atomic E-state index is 12.7. The fourth-order valence-corrected chi connectivity index (χ4v) is 2.66. The summed E-state index contributed by atoms with van der Waals surface area (Å²) in [5, 5.41) is 0. The number of amides is 1. The van der Waals surface area contributed by atoms with Gasteiger partial charge in [-0.3, -0.25) is 4.79 Å². The first kappa shape index (κ1) is 14.7. The van der Waals surface area contributed by atoms with Gasteiger partial charge in [0.05, 0.1) is 6.61 Å². The minimum absolute atomic E-state index is 0.00898. The predicted octanol–water partition coefficient (Wildman–Crippen LogP) is 2.79. The number of nitrogens with two attached hydrogens (primary N) is 1. The lowest BCUT2D eigenvalue weighted by molar-refractivity contribution is 0.0624. The largest absolute Gasteiger partial charge is 0.493 e. The molecule has 110 valence electrons. The van der Waals surface area contributed by atoms with Gasteiger partial charge >= 0.3 is 0 Å². The van der Waals surface area contributed by atoms with Crippen LogP contribution in [-0.4, -0.2) is 30.5 Å². The molecule has 0 aliphatic carbocycles. The van der Waals surface area contributed by atoms with Crippen molar-refractivity contribution in [3.63, 3.8) is 0 Å². The molecule has 4 nitrogen and oxygen atoms in total. The van der Waals surface area contributed by atoms with Crippen LogP contribution in [0.3, 0.4) is 0 Å². The molecule has 1 fully saturated rings. The van der Waals surface area contributed by atoms with Crippen molar-refractivity contribution in [3.05, 3.63) is 23.8 Å². The summed E-state index contributed by atoms with van der Waals surface area (Å²) in [5.74, 6) is 1.76. The van der Waals surface area contributed by atoms with E-state index in [9.17, 15) is 4.79 Å². The van der Waals surface area contributed by atoms with Crippen LogP contribution in [0.25, 0.3) is 0 Å². The normalized spacial score (nSPS) is 22.6. The van der Waals surface area contributed by atoms with E-state index >= 15 is 0 Å². The zero-order valence-corrected chi connectivity index (χ0v) is 12.6. The average molecular weight is 276 g/mol. The molecule has 2 unspecified atom stereocenters. The van der Waals surface area contributed by atoms with Crippen molar-refractivity contribution < 1.29 is 9.53 Å². The van der Waals surface area contributed by atoms with Gasteiger partial charge in [0, 0.05) is 18.8 Å². The molecule has 1 amide bonds. The van der Waals surface area contributed by atoms with Gasteiger partial charge in [0.2, 0.25) is 0 Å². The summed E-state index contributed by atoms with van der Waals surface area (Å²) in [4.78, 5) is 14.6. The van der Waals surface area contributed by atoms with Gasteiger partial charge in [-0.15, -0.1) is 0 Å². The molecule has 1 aromatic rings. The fraction of sp³-hybridized carbons (Fsp3) is 0.562. The Balaban J connectivity index is 2.25. The van der Waals surface area contributed by atoms with Crippen LogP contribution in [0.5, 0.6) is 5.75 Å². The molecule has 2 rings (SSSR count). The average Bonchev–Trinajstić information content (AvgIpc) is 2.42. The third-order valence-corrected chi connectivity index (χ3v) is 4.19. The predicted molar refractivity (Wildman–Crippen MR) is 80.9 cm³/mol. The lowest BCUT2D eigenvalue weighted by Gasteiger charge is -2.35. The van der Waals surface area contributed by atoms with E-state index in [2.05, 4.69) is 13.8 Å². The minimum atomic E-state index is -0.00898. The highest BCUT2D eigenvalue weighted by atomic mass is 16.5. The van der Waals surface area contributed by atoms with Crippen LogP contribution in [0.1, 0.15) is 37.6 Å². The summed E-state index contributed by atoms with van der Waals surface area (Å²) >= 11 is 0. The summed E-state index contributed by atoms with van der Waals surface area (Å²) in [7, 11) is 0. The molecule has 0 bridgehead atoms. The number of hydrogen-bond donors (Lipinski definition) is 1. The molecule has 0 radical (unpaired) electrons. The van der Waals surface area contributed by atoms with Crippen LogP contribution in [0.2, 0.25) is 0 Å². The van der Waals surface area contributed by atoms with Gasteiger partial charge < -0.3 is 15.4 Å². The molecule has 0 spiro atoms. The molecule has 2 N–H and O–H groups in total. The Bertz CT molecular complexity index is 487. The molecule has 0 saturated carbocycles. The lowest BCUT2D eigenvalue weighted by Crippen LogP contribution is -2.42. The first-order chi connectivity index (χ1) is 9.54. The third-order valence-electron chi connectivity index (χ3n) is 4.19. The SMILES string of the molecule is CCOc1cccc(N)c1C(=O)N1CCC(C)C(C)C1. The molecule has 1 heterocycles. The van der Waals surface area contributed by atoms with E-state index in [1.165, 1.54) is 0 Å². The van der Waals surface area contributed by atoms with Gasteiger partial charge in [-0.2, -0.15) is 0 Å². The number of hydrogen-bond acceptors (Lipinski definition) is 3. The summed E-state index contributed by atoms with van der Waals surface area (Å²) in [6.07, 6.45) is 1.05. The number of nitrogen functional groups attached to an aromatic ring is 1. The van der Waals surface area contributed by atoms with Gasteiger partial charge in [0.1, 0.15) is 11.3 Å². The molecule has 0 aromatic heterocycles. The minimum Gasteiger partial charge on any atom is -0.493 e. The van der Waals surface area contributed by atoms with E-state index in [1.54, 1.807) is 6.07 Å². The van der Waals surface area contributed by atoms with Gasteiger partial charge in [-0.1, -0.05) is 19.9 Å². The Morgan fingerprint density at radius 2 is 2.15 bits per heavy atom. The Labute approximate surface area is 120 Å². The van der Waals surface area contributed by atoms with Gasteiger partial charge in [0.25, 0.3) is 5.91 Å². The quantitative estimate of drug-likeness (QED) is 0.864. The number of carbonyl (C=O) groups excluding carboxylic acids is 1. The van der Waals surface area contributed by atoms with E-state index in [4.69, 9.17) is 10.5 Å². The maximum absolute atomic E-state index is 12.7. The number of ether oxygens (including phenoxy) is 1. The van der Waals surface area contributed by atoms with Gasteiger partial charge in [-0.25, -0.2) is 0 Å². The van der Waals surface area contributed by atoms with Gasteiger partial charge in [0.15, 0.2) is 0 Å². The summed E-state index contributed by atoms with van der Waals surface area (Å²) < 4.78 is 5.55. The zero-order chi connectivity index (χ0) is 14.7. The van der Waals surface area contributed by atoms with Gasteiger partial charge in [-0.05, 0) is 37.3 Å². The second-order valence-corrected chi connectivity index (χ2v) is 5.65. The second kappa shape index (κ2) is 6.16. The molecular formula is C16H24N2O2. The number of carbonyl (C=O) groups is 1. The Morgan fingerprint density at radius 1 is 1.40 bits per heavy atom. The van der Waals surface area contributed by atoms with Crippen LogP contribution in [0, 0.1) is 11.8 Å². The second-order valence-electron chi connectivity index (χ2n) is 5.65. The Morgan fingerprint density at radius 3 is 2.80 bits per heavy atom. The first-order valence-electron chi connectivity index (χ1n) is 7.35. The maximum Gasteiger partial charge on any atom is 0.259 e. The van der Waals surface area contributed by atoms with E-state index in [-0.39, 0.29) is 5.91 Å². The van der Waals surface area contributed by atoms with Crippen molar-refractivity contribution >= 4 is 11.6 Å². The number of anilines is 1. The highest BCUT2D eigenvalue weighted by Crippen LogP contribution is 2.29. The van der Waals surface area contributed by atoms with E-state index in [0.29, 0.717) is 35.4 Å². The monoisotopic (exact) mass is 276 g/mol. The van der Waals surface area contributed by atoms with E-state index in [1.807, 2.05) is 24.0 Å². The number of piperidine rings is 1. The van der Waals surface area contributed by atoms with Crippen molar-refractivity contribution in [2.45, 2.75) is 27.2 Å². The molecule has 4 heteroatoms. The highest BCUT2D eigenvalue weighted by Gasteiger charge is 2.29. The van der Waals surface area contributed by atoms with Crippen molar-refractivity contribution in [2.24, 2.45) is 11.8 Å². The first-order valence-corrected chi connectivity index (χ1v) is 7.35. The van der Waals surface area contributed by atoms with Crippen LogP contribution in [-0.2, 0) is 0 Å². The standard InChI is InChI=1S/C16H24N2O2/c1-4-20-14-7-5-6-13(17)15(14)16(19)18-9-8-11(2)12(3)10-18/h5-7,11-12H,4,8-10,17H2,1-3H3. The molecule has 1 aliphatic heterocycles. The van der Waals surface area contributed by atoms with Crippen LogP contribution in [0.15, 0.2) is 18.2 Å². The lowest BCUT2D eigenvalue weighted by atomic mass is 9.88. The van der Waals surface area contributed by atoms with Crippen molar-refractivity contribution in [2.75, 3.05) is 25.4 Å². The van der Waals surface area contributed by atoms with E-state index in [0.717, 1.165) is 19.5 Å². The highest BCUT2D eigenvalue weighted by molar-refractivity contribution is 6.01. The molecule has 1 aromatic carbocycles. The number of likely N-dealkylation sites (tertiary alicyclic amines) is 1. The van der Waals surface area contributed by atoms with Crippen molar-refractivity contribution in [1.82, 2.24) is 4.90 Å². The van der Waals surface area contributed by atoms with Crippen LogP contribution in [0.4, 0.5) is 5.69 Å². The fourth-order valence-electron chi connectivity index (χ4n) is 2.66. The number of nitrogens with zero attached hydrogens (tertiary/aromatic N) is 1. The Kier molecular flexibility index (Phi) is 4.53. The molecule has 1 aliphatic rings. The molecule has 1 saturated heterocycles. The molecule has 20 heavy (non-hydrogen) atoms. The number of rotatable bonds is 3. The summed E-state index contributed by atoms with van der Waals surface area (Å²) in [6.45, 7) is 8.46. The van der Waals surface area contributed by atoms with Crippen LogP contribution < -0.4 is 10.5 Å². The Hall–Kier alpha value is -1.71. The summed E-state index contributed by atoms with van der Waals surface area (Å²) in [6, 6.07) is 5.38. The third kappa shape index (κ3) is 2.89. The van der Waals surface area contributed by atoms with E-state index < -0.39 is 0 Å². The van der Waals surface area contributed by atoms with Crippen molar-refractivity contribution in [1.29, 1.82) is 0 Å². The van der Waals surface area contributed by atoms with Crippen LogP contribution >= 0.6 is 0 Å². The molecule has 2 atom stereocenters. The molecular weight excluding hydrogens is 252 g/mol. The zero-order valence-electron chi connectivity index (χ0n) is 12.6. The summed E-state index contributed by atoms with van der Waals surface area (Å²) in [5.41, 5.74) is 7.00. The number of benzene rings is 1. The van der Waals surface area contributed by atoms with Crippen molar-refractivity contribution in [3.8, 4) is 5.75 Å².